The van der Waals surface area contributed by atoms with Crippen molar-refractivity contribution in [2.75, 3.05) is 0 Å². The highest BCUT2D eigenvalue weighted by Gasteiger charge is 2.15. The van der Waals surface area contributed by atoms with Gasteiger partial charge in [0.15, 0.2) is 5.69 Å². The van der Waals surface area contributed by atoms with Gasteiger partial charge in [-0.2, -0.15) is 4.98 Å². The van der Waals surface area contributed by atoms with Gasteiger partial charge in [0, 0.05) is 11.9 Å². The van der Waals surface area contributed by atoms with E-state index in [1.807, 2.05) is 0 Å². The van der Waals surface area contributed by atoms with E-state index in [0.717, 1.165) is 0 Å². The Kier molecular flexibility index (Phi) is 2.36. The lowest BCUT2D eigenvalue weighted by Crippen LogP contribution is -2.16. The first-order valence-corrected chi connectivity index (χ1v) is 6.38. The molecular weight excluding hydrogens is 296 g/mol. The molecule has 0 bridgehead atoms. The Morgan fingerprint density at radius 3 is 2.90 bits per heavy atom. The molecule has 0 aliphatic rings. The van der Waals surface area contributed by atoms with Crippen molar-refractivity contribution < 1.29 is 4.52 Å². The van der Waals surface area contributed by atoms with E-state index in [1.165, 1.54) is 4.52 Å². The van der Waals surface area contributed by atoms with Gasteiger partial charge in [0.2, 0.25) is 11.7 Å². The number of rotatable bonds is 1. The first kappa shape index (κ1) is 12.0. The Hall–Kier alpha value is -2.74. The number of aromatic nitrogens is 6. The fraction of sp³-hybridized carbons (Fsp3) is 0.0833. The van der Waals surface area contributed by atoms with Gasteiger partial charge >= 0.3 is 0 Å². The van der Waals surface area contributed by atoms with Crippen molar-refractivity contribution in [2.24, 2.45) is 0 Å². The molecule has 0 radical (unpaired) electrons. The van der Waals surface area contributed by atoms with Crippen molar-refractivity contribution in [2.45, 2.75) is 6.92 Å². The van der Waals surface area contributed by atoms with Crippen LogP contribution in [0.1, 0.15) is 5.89 Å². The van der Waals surface area contributed by atoms with Gasteiger partial charge in [-0.25, -0.2) is 14.5 Å². The Labute approximate surface area is 121 Å². The number of nitrogens with zero attached hydrogens (tertiary/aromatic N) is 5. The van der Waals surface area contributed by atoms with E-state index in [1.54, 1.807) is 25.1 Å². The van der Waals surface area contributed by atoms with Crippen molar-refractivity contribution in [3.8, 4) is 11.5 Å². The Balaban J connectivity index is 2.06. The number of halogens is 1. The van der Waals surface area contributed by atoms with Crippen LogP contribution in [0.25, 0.3) is 28.3 Å². The summed E-state index contributed by atoms with van der Waals surface area (Å²) in [6, 6.07) is 5.17. The lowest BCUT2D eigenvalue weighted by molar-refractivity contribution is 0.394. The molecule has 0 aliphatic carbocycles. The van der Waals surface area contributed by atoms with Gasteiger partial charge in [-0.15, -0.1) is 0 Å². The predicted molar refractivity (Wildman–Crippen MR) is 74.2 cm³/mol. The topological polar surface area (TPSA) is 102 Å². The van der Waals surface area contributed by atoms with E-state index in [9.17, 15) is 4.79 Å². The van der Waals surface area contributed by atoms with E-state index in [2.05, 4.69) is 25.2 Å². The lowest BCUT2D eigenvalue weighted by Gasteiger charge is -1.97. The minimum Gasteiger partial charge on any atom is -0.339 e. The lowest BCUT2D eigenvalue weighted by atomic mass is 10.3. The van der Waals surface area contributed by atoms with Crippen LogP contribution in [0.5, 0.6) is 0 Å². The van der Waals surface area contributed by atoms with Crippen molar-refractivity contribution >= 4 is 28.4 Å². The number of nitrogens with one attached hydrogen (secondary N) is 1. The summed E-state index contributed by atoms with van der Waals surface area (Å²) >= 11 is 5.96. The molecule has 0 saturated heterocycles. The number of hydrogen-bond donors (Lipinski definition) is 1. The number of hydrogen-bond acceptors (Lipinski definition) is 6. The fourth-order valence-electron chi connectivity index (χ4n) is 2.07. The molecule has 1 N–H and O–H groups in total. The summed E-state index contributed by atoms with van der Waals surface area (Å²) in [6.07, 6.45) is 0. The number of fused-ring (bicyclic) bond motifs is 3. The molecule has 0 unspecified atom stereocenters. The van der Waals surface area contributed by atoms with Crippen LogP contribution >= 0.6 is 11.6 Å². The number of benzene rings is 1. The third kappa shape index (κ3) is 1.80. The van der Waals surface area contributed by atoms with Crippen molar-refractivity contribution in [3.63, 3.8) is 0 Å². The summed E-state index contributed by atoms with van der Waals surface area (Å²) in [6.45, 7) is 1.63. The zero-order chi connectivity index (χ0) is 14.6. The smallest absolute Gasteiger partial charge is 0.293 e. The van der Waals surface area contributed by atoms with Crippen LogP contribution in [0.4, 0.5) is 0 Å². The van der Waals surface area contributed by atoms with E-state index in [0.29, 0.717) is 27.7 Å². The first-order valence-electron chi connectivity index (χ1n) is 6.00. The molecule has 0 saturated carbocycles. The van der Waals surface area contributed by atoms with Gasteiger partial charge < -0.3 is 4.52 Å². The van der Waals surface area contributed by atoms with Crippen molar-refractivity contribution in [1.29, 1.82) is 0 Å². The molecule has 1 aromatic carbocycles. The van der Waals surface area contributed by atoms with E-state index >= 15 is 0 Å². The highest BCUT2D eigenvalue weighted by molar-refractivity contribution is 6.31. The maximum atomic E-state index is 12.1. The summed E-state index contributed by atoms with van der Waals surface area (Å²) in [7, 11) is 0. The largest absolute Gasteiger partial charge is 0.339 e. The number of imidazole rings is 1. The summed E-state index contributed by atoms with van der Waals surface area (Å²) < 4.78 is 6.33. The molecule has 3 heterocycles. The summed E-state index contributed by atoms with van der Waals surface area (Å²) in [5, 5.41) is 6.91. The summed E-state index contributed by atoms with van der Waals surface area (Å²) in [4.78, 5) is 24.7. The Morgan fingerprint density at radius 1 is 1.29 bits per heavy atom. The maximum Gasteiger partial charge on any atom is 0.293 e. The highest BCUT2D eigenvalue weighted by Crippen LogP contribution is 2.19. The third-order valence-electron chi connectivity index (χ3n) is 2.98. The van der Waals surface area contributed by atoms with Gasteiger partial charge in [-0.1, -0.05) is 16.8 Å². The van der Waals surface area contributed by atoms with Crippen LogP contribution in [0.2, 0.25) is 5.02 Å². The SMILES string of the molecule is Cc1nc(-c2nc3nc4ccc(Cl)cc4n3[nH]c2=O)no1. The highest BCUT2D eigenvalue weighted by atomic mass is 35.5. The monoisotopic (exact) mass is 302 g/mol. The maximum absolute atomic E-state index is 12.1. The van der Waals surface area contributed by atoms with Gasteiger partial charge in [-0.3, -0.25) is 9.89 Å². The van der Waals surface area contributed by atoms with Crippen molar-refractivity contribution in [1.82, 2.24) is 29.7 Å². The molecule has 21 heavy (non-hydrogen) atoms. The Bertz CT molecular complexity index is 1050. The second-order valence-corrected chi connectivity index (χ2v) is 4.86. The average molecular weight is 303 g/mol. The van der Waals surface area contributed by atoms with Crippen molar-refractivity contribution in [3.05, 3.63) is 39.5 Å². The number of H-pyrrole nitrogens is 1. The molecular formula is C12H7ClN6O2. The van der Waals surface area contributed by atoms with E-state index < -0.39 is 5.56 Å². The molecule has 4 rings (SSSR count). The molecule has 9 heteroatoms. The third-order valence-corrected chi connectivity index (χ3v) is 3.21. The van der Waals surface area contributed by atoms with E-state index in [4.69, 9.17) is 16.1 Å². The molecule has 0 fully saturated rings. The van der Waals surface area contributed by atoms with Crippen LogP contribution in [0.3, 0.4) is 0 Å². The average Bonchev–Trinajstić information content (AvgIpc) is 3.02. The molecule has 104 valence electrons. The molecule has 0 aliphatic heterocycles. The van der Waals surface area contributed by atoms with Gasteiger partial charge in [-0.05, 0) is 18.2 Å². The quantitative estimate of drug-likeness (QED) is 0.573. The normalized spacial score (nSPS) is 11.5. The first-order chi connectivity index (χ1) is 10.1. The molecule has 0 amide bonds. The molecule has 8 nitrogen and oxygen atoms in total. The number of aryl methyl sites for hydroxylation is 1. The van der Waals surface area contributed by atoms with Crippen LogP contribution in [0.15, 0.2) is 27.5 Å². The Morgan fingerprint density at radius 2 is 2.14 bits per heavy atom. The number of aromatic amines is 1. The molecule has 0 spiro atoms. The van der Waals surface area contributed by atoms with Crippen LogP contribution in [-0.2, 0) is 0 Å². The fourth-order valence-corrected chi connectivity index (χ4v) is 2.24. The predicted octanol–water partition coefficient (Wildman–Crippen LogP) is 1.58. The van der Waals surface area contributed by atoms with Gasteiger partial charge in [0.05, 0.1) is 11.0 Å². The minimum atomic E-state index is -0.442. The van der Waals surface area contributed by atoms with Gasteiger partial charge in [0.1, 0.15) is 0 Å². The second-order valence-electron chi connectivity index (χ2n) is 4.42. The standard InChI is InChI=1S/C12H7ClN6O2/c1-5-14-10(18-21-5)9-11(20)17-19-8-4-6(13)2-3-7(8)15-12(19)16-9/h2-4H,1H3,(H,17,20). The second kappa shape index (κ2) is 4.13. The molecule has 0 atom stereocenters. The summed E-state index contributed by atoms with van der Waals surface area (Å²) in [5.74, 6) is 0.803. The van der Waals surface area contributed by atoms with Crippen LogP contribution in [-0.4, -0.2) is 29.7 Å². The molecule has 3 aromatic heterocycles. The van der Waals surface area contributed by atoms with Crippen LogP contribution < -0.4 is 5.56 Å². The molecule has 4 aromatic rings. The zero-order valence-electron chi connectivity index (χ0n) is 10.7. The van der Waals surface area contributed by atoms with Crippen LogP contribution in [0, 0.1) is 6.92 Å². The zero-order valence-corrected chi connectivity index (χ0v) is 11.4. The summed E-state index contributed by atoms with van der Waals surface area (Å²) in [5.41, 5.74) is 0.949. The van der Waals surface area contributed by atoms with E-state index in [-0.39, 0.29) is 11.5 Å². The minimum absolute atomic E-state index is 0.0563. The van der Waals surface area contributed by atoms with Gasteiger partial charge in [0.25, 0.3) is 11.3 Å².